The summed E-state index contributed by atoms with van der Waals surface area (Å²) in [5, 5.41) is 3.86. The van der Waals surface area contributed by atoms with Gasteiger partial charge in [0.05, 0.1) is 5.58 Å². The first-order valence-electron chi connectivity index (χ1n) is 9.64. The van der Waals surface area contributed by atoms with E-state index in [1.165, 1.54) is 32.6 Å². The fourth-order valence-corrected chi connectivity index (χ4v) is 5.19. The van der Waals surface area contributed by atoms with Crippen molar-refractivity contribution in [3.05, 3.63) is 59.3 Å². The molecule has 4 rings (SSSR count). The van der Waals surface area contributed by atoms with Crippen LogP contribution >= 0.6 is 0 Å². The van der Waals surface area contributed by atoms with Crippen molar-refractivity contribution in [3.63, 3.8) is 0 Å². The molecule has 0 aliphatic heterocycles. The van der Waals surface area contributed by atoms with Crippen LogP contribution in [-0.2, 0) is 26.5 Å². The predicted molar refractivity (Wildman–Crippen MR) is 118 cm³/mol. The number of nitrogens with zero attached hydrogens (tertiary/aromatic N) is 1. The third-order valence-corrected chi connectivity index (χ3v) is 7.54. The smallest absolute Gasteiger partial charge is 0.124 e. The summed E-state index contributed by atoms with van der Waals surface area (Å²) in [6.45, 7) is 13.6. The number of hydrogen-bond donors (Lipinski definition) is 0. The molecule has 0 bridgehead atoms. The standard InChI is InChI=1S/C24H26NOSi.Ir/c1-7-17-9-12-20(25-14-17)18-11-13-21(27(4,5)6)22-19-10-8-15(2)16(3)23(19)26-24(18)22;/h8-10,12-14H,7H2,1-6H3;/q-1;. The monoisotopic (exact) mass is 565 g/mol. The molecule has 0 aliphatic rings. The Morgan fingerprint density at radius 3 is 2.39 bits per heavy atom. The molecule has 28 heavy (non-hydrogen) atoms. The zero-order valence-electron chi connectivity index (χ0n) is 17.4. The van der Waals surface area contributed by atoms with Gasteiger partial charge in [0.15, 0.2) is 0 Å². The van der Waals surface area contributed by atoms with Crippen molar-refractivity contribution in [2.24, 2.45) is 0 Å². The summed E-state index contributed by atoms with van der Waals surface area (Å²) in [4.78, 5) is 4.69. The second-order valence-electron chi connectivity index (χ2n) is 8.42. The zero-order valence-corrected chi connectivity index (χ0v) is 20.8. The molecule has 2 aromatic carbocycles. The largest absolute Gasteiger partial charge is 0.500 e. The fourth-order valence-electron chi connectivity index (χ4n) is 3.68. The molecule has 2 aromatic heterocycles. The van der Waals surface area contributed by atoms with Gasteiger partial charge in [-0.3, -0.25) is 0 Å². The number of rotatable bonds is 3. The second kappa shape index (κ2) is 7.59. The van der Waals surface area contributed by atoms with Gasteiger partial charge in [-0.2, -0.15) is 0 Å². The average Bonchev–Trinajstić information content (AvgIpc) is 3.03. The van der Waals surface area contributed by atoms with Gasteiger partial charge in [-0.1, -0.05) is 61.8 Å². The average molecular weight is 565 g/mol. The Balaban J connectivity index is 0.00000225. The van der Waals surface area contributed by atoms with Crippen LogP contribution in [0.4, 0.5) is 0 Å². The molecule has 0 fully saturated rings. The maximum atomic E-state index is 6.49. The molecule has 2 nitrogen and oxygen atoms in total. The van der Waals surface area contributed by atoms with Crippen LogP contribution in [0.25, 0.3) is 33.2 Å². The van der Waals surface area contributed by atoms with Gasteiger partial charge in [0.2, 0.25) is 0 Å². The second-order valence-corrected chi connectivity index (χ2v) is 13.5. The van der Waals surface area contributed by atoms with Gasteiger partial charge in [-0.05, 0) is 42.7 Å². The van der Waals surface area contributed by atoms with E-state index < -0.39 is 8.07 Å². The first-order chi connectivity index (χ1) is 12.8. The van der Waals surface area contributed by atoms with E-state index >= 15 is 0 Å². The third kappa shape index (κ3) is 3.38. The van der Waals surface area contributed by atoms with Crippen molar-refractivity contribution >= 4 is 35.2 Å². The summed E-state index contributed by atoms with van der Waals surface area (Å²) in [6, 6.07) is 14.3. The minimum atomic E-state index is -1.56. The number of pyridine rings is 1. The molecule has 0 unspecified atom stereocenters. The van der Waals surface area contributed by atoms with Gasteiger partial charge >= 0.3 is 0 Å². The Bertz CT molecular complexity index is 1150. The van der Waals surface area contributed by atoms with E-state index in [0.29, 0.717) is 0 Å². The number of aromatic nitrogens is 1. The van der Waals surface area contributed by atoms with E-state index in [1.807, 2.05) is 6.20 Å². The summed E-state index contributed by atoms with van der Waals surface area (Å²) in [6.07, 6.45) is 2.95. The van der Waals surface area contributed by atoms with Crippen molar-refractivity contribution in [1.82, 2.24) is 4.98 Å². The van der Waals surface area contributed by atoms with Gasteiger partial charge in [0.1, 0.15) is 5.58 Å². The van der Waals surface area contributed by atoms with Crippen molar-refractivity contribution in [2.45, 2.75) is 46.8 Å². The number of furan rings is 1. The number of fused-ring (bicyclic) bond motifs is 3. The van der Waals surface area contributed by atoms with E-state index in [9.17, 15) is 0 Å². The predicted octanol–water partition coefficient (Wildman–Crippen LogP) is 6.17. The molecule has 147 valence electrons. The normalized spacial score (nSPS) is 11.8. The Kier molecular flexibility index (Phi) is 5.68. The van der Waals surface area contributed by atoms with Crippen LogP contribution in [0.15, 0.2) is 40.9 Å². The van der Waals surface area contributed by atoms with E-state index in [4.69, 9.17) is 9.40 Å². The van der Waals surface area contributed by atoms with Gasteiger partial charge in [-0.15, -0.1) is 17.3 Å². The van der Waals surface area contributed by atoms with Crippen molar-refractivity contribution < 1.29 is 24.5 Å². The molecular weight excluding hydrogens is 539 g/mol. The topological polar surface area (TPSA) is 26.0 Å². The zero-order chi connectivity index (χ0) is 19.3. The summed E-state index contributed by atoms with van der Waals surface area (Å²) in [5.41, 5.74) is 7.52. The fraction of sp³-hybridized carbons (Fsp3) is 0.292. The summed E-state index contributed by atoms with van der Waals surface area (Å²) >= 11 is 0. The summed E-state index contributed by atoms with van der Waals surface area (Å²) in [7, 11) is -1.56. The van der Waals surface area contributed by atoms with E-state index in [-0.39, 0.29) is 20.1 Å². The summed E-state index contributed by atoms with van der Waals surface area (Å²) in [5.74, 6) is 0. The van der Waals surface area contributed by atoms with Gasteiger partial charge in [0.25, 0.3) is 0 Å². The Labute approximate surface area is 181 Å². The molecule has 0 spiro atoms. The molecule has 0 atom stereocenters. The van der Waals surface area contributed by atoms with Crippen LogP contribution in [0.1, 0.15) is 23.6 Å². The van der Waals surface area contributed by atoms with Crippen molar-refractivity contribution in [2.75, 3.05) is 0 Å². The quantitative estimate of drug-likeness (QED) is 0.220. The number of hydrogen-bond acceptors (Lipinski definition) is 2. The molecule has 2 heterocycles. The van der Waals surface area contributed by atoms with Crippen molar-refractivity contribution in [3.8, 4) is 11.3 Å². The summed E-state index contributed by atoms with van der Waals surface area (Å²) < 4.78 is 6.49. The SMILES string of the molecule is CCc1ccc(-c2[c-]cc([Si](C)(C)C)c3c2oc2c(C)c(C)ccc23)nc1.[Ir]. The molecule has 0 N–H and O–H groups in total. The third-order valence-electron chi connectivity index (χ3n) is 5.53. The molecule has 4 aromatic rings. The van der Waals surface area contributed by atoms with Crippen LogP contribution in [0.3, 0.4) is 0 Å². The molecule has 1 radical (unpaired) electrons. The Morgan fingerprint density at radius 1 is 1.04 bits per heavy atom. The Hall–Kier alpha value is -1.74. The minimum absolute atomic E-state index is 0. The van der Waals surface area contributed by atoms with Gasteiger partial charge < -0.3 is 9.40 Å². The van der Waals surface area contributed by atoms with Crippen LogP contribution < -0.4 is 5.19 Å². The van der Waals surface area contributed by atoms with E-state index in [1.54, 1.807) is 0 Å². The van der Waals surface area contributed by atoms with E-state index in [0.717, 1.165) is 28.8 Å². The number of aryl methyl sites for hydroxylation is 3. The first-order valence-corrected chi connectivity index (χ1v) is 13.1. The Morgan fingerprint density at radius 2 is 1.79 bits per heavy atom. The molecule has 0 amide bonds. The molecule has 4 heteroatoms. The van der Waals surface area contributed by atoms with Crippen molar-refractivity contribution in [1.29, 1.82) is 0 Å². The number of benzene rings is 2. The molecule has 0 saturated carbocycles. The van der Waals surface area contributed by atoms with Crippen LogP contribution in [-0.4, -0.2) is 13.1 Å². The molecule has 0 saturated heterocycles. The molecular formula is C24H26IrNOSi-. The molecule has 0 aliphatic carbocycles. The minimum Gasteiger partial charge on any atom is -0.500 e. The van der Waals surface area contributed by atoms with Crippen LogP contribution in [0, 0.1) is 19.9 Å². The maximum Gasteiger partial charge on any atom is 0.124 e. The van der Waals surface area contributed by atoms with Gasteiger partial charge in [0, 0.05) is 39.8 Å². The van der Waals surface area contributed by atoms with Crippen LogP contribution in [0.2, 0.25) is 19.6 Å². The van der Waals surface area contributed by atoms with Crippen LogP contribution in [0.5, 0.6) is 0 Å². The van der Waals surface area contributed by atoms with Gasteiger partial charge in [-0.25, -0.2) is 0 Å². The first kappa shape index (κ1) is 21.0. The van der Waals surface area contributed by atoms with E-state index in [2.05, 4.69) is 76.8 Å². The maximum absolute atomic E-state index is 6.49.